The van der Waals surface area contributed by atoms with E-state index in [0.29, 0.717) is 33.3 Å². The fraction of sp³-hybridized carbons (Fsp3) is 0.0857. The van der Waals surface area contributed by atoms with Crippen LogP contribution in [-0.4, -0.2) is 45.1 Å². The third-order valence-corrected chi connectivity index (χ3v) is 7.86. The number of benzene rings is 2. The Morgan fingerprint density at radius 2 is 1.71 bits per heavy atom. The Bertz CT molecular complexity index is 2410. The molecule has 0 unspecified atom stereocenters. The van der Waals surface area contributed by atoms with Gasteiger partial charge >= 0.3 is 0 Å². The van der Waals surface area contributed by atoms with E-state index in [1.165, 1.54) is 24.7 Å². The van der Waals surface area contributed by atoms with Crippen LogP contribution in [0.15, 0.2) is 109 Å². The van der Waals surface area contributed by atoms with Crippen molar-refractivity contribution in [2.75, 3.05) is 16.7 Å². The molecule has 48 heavy (non-hydrogen) atoms. The summed E-state index contributed by atoms with van der Waals surface area (Å²) < 4.78 is 27.3. The van der Waals surface area contributed by atoms with Gasteiger partial charge in [-0.1, -0.05) is 42.2 Å². The van der Waals surface area contributed by atoms with Crippen LogP contribution < -0.4 is 21.3 Å². The number of fused-ring (bicyclic) bond motifs is 1. The number of carbonyl (C=O) groups excluding carboxylic acids is 1. The Labute approximate surface area is 275 Å². The predicted molar refractivity (Wildman–Crippen MR) is 184 cm³/mol. The molecule has 0 spiro atoms. The largest absolute Gasteiger partial charge is 0.382 e. The van der Waals surface area contributed by atoms with Crippen molar-refractivity contribution in [3.8, 4) is 28.8 Å². The number of rotatable bonds is 7. The second-order valence-corrected chi connectivity index (χ2v) is 12.6. The van der Waals surface area contributed by atoms with Crippen molar-refractivity contribution >= 4 is 38.2 Å². The van der Waals surface area contributed by atoms with E-state index in [1.54, 1.807) is 42.1 Å². The van der Waals surface area contributed by atoms with Gasteiger partial charge in [0.2, 0.25) is 10.0 Å². The fourth-order valence-corrected chi connectivity index (χ4v) is 5.66. The second-order valence-electron chi connectivity index (χ2n) is 10.8. The van der Waals surface area contributed by atoms with Gasteiger partial charge in [0.25, 0.3) is 11.5 Å². The average molecular weight is 657 g/mol. The topological polar surface area (TPSA) is 175 Å². The molecule has 0 fully saturated rings. The molecule has 13 heteroatoms. The Hall–Kier alpha value is -6.39. The highest BCUT2D eigenvalue weighted by atomic mass is 32.2. The smallest absolute Gasteiger partial charge is 0.274 e. The van der Waals surface area contributed by atoms with Gasteiger partial charge in [-0.25, -0.2) is 18.4 Å². The lowest BCUT2D eigenvalue weighted by atomic mass is 10.0. The lowest BCUT2D eigenvalue weighted by Gasteiger charge is -2.21. The number of nitrogens with zero attached hydrogens (tertiary/aromatic N) is 5. The van der Waals surface area contributed by atoms with Gasteiger partial charge in [-0.2, -0.15) is 0 Å². The molecule has 0 aliphatic carbocycles. The number of sulfonamides is 1. The lowest BCUT2D eigenvalue weighted by molar-refractivity contribution is 0.0934. The molecular weight excluding hydrogens is 629 g/mol. The van der Waals surface area contributed by atoms with E-state index in [4.69, 9.17) is 5.73 Å². The van der Waals surface area contributed by atoms with E-state index < -0.39 is 22.0 Å². The molecule has 4 aromatic heterocycles. The zero-order chi connectivity index (χ0) is 33.8. The normalized spacial score (nSPS) is 11.7. The molecule has 12 nitrogen and oxygen atoms in total. The van der Waals surface area contributed by atoms with Crippen molar-refractivity contribution in [1.29, 1.82) is 0 Å². The molecule has 6 rings (SSSR count). The van der Waals surface area contributed by atoms with Gasteiger partial charge in [0.1, 0.15) is 0 Å². The van der Waals surface area contributed by atoms with Crippen LogP contribution in [0.4, 0.5) is 11.5 Å². The lowest BCUT2D eigenvalue weighted by Crippen LogP contribution is -2.33. The third-order valence-electron chi connectivity index (χ3n) is 7.26. The summed E-state index contributed by atoms with van der Waals surface area (Å²) in [5.74, 6) is 5.50. The summed E-state index contributed by atoms with van der Waals surface area (Å²) in [6, 6.07) is 20.8. The number of nitrogens with two attached hydrogens (primary N) is 1. The third kappa shape index (κ3) is 6.88. The SMILES string of the molecule is C[C@H](NC(=O)c1nc(-c2cncc(NS(C)(=O)=O)c2)cnc1N)c1cc2cccc(C#Cc3ccncc3)c2c(=O)n1-c1ccccc1. The van der Waals surface area contributed by atoms with Crippen molar-refractivity contribution in [3.63, 3.8) is 0 Å². The molecule has 4 N–H and O–H groups in total. The Balaban J connectivity index is 1.39. The highest BCUT2D eigenvalue weighted by Gasteiger charge is 2.22. The minimum absolute atomic E-state index is 0.113. The minimum atomic E-state index is -3.55. The van der Waals surface area contributed by atoms with Crippen molar-refractivity contribution in [3.05, 3.63) is 137 Å². The molecule has 238 valence electrons. The van der Waals surface area contributed by atoms with Crippen LogP contribution in [0.2, 0.25) is 0 Å². The zero-order valence-electron chi connectivity index (χ0n) is 25.7. The van der Waals surface area contributed by atoms with Crippen LogP contribution in [0.25, 0.3) is 27.7 Å². The Morgan fingerprint density at radius 1 is 0.938 bits per heavy atom. The summed E-state index contributed by atoms with van der Waals surface area (Å²) in [6.07, 6.45) is 8.50. The van der Waals surface area contributed by atoms with Gasteiger partial charge in [-0.3, -0.25) is 28.8 Å². The maximum atomic E-state index is 14.3. The van der Waals surface area contributed by atoms with Gasteiger partial charge in [0, 0.05) is 46.7 Å². The Morgan fingerprint density at radius 3 is 2.46 bits per heavy atom. The number of hydrogen-bond acceptors (Lipinski definition) is 9. The summed E-state index contributed by atoms with van der Waals surface area (Å²) in [7, 11) is -3.55. The van der Waals surface area contributed by atoms with Crippen LogP contribution in [-0.2, 0) is 10.0 Å². The van der Waals surface area contributed by atoms with Gasteiger partial charge in [0.15, 0.2) is 11.5 Å². The van der Waals surface area contributed by atoms with Gasteiger partial charge < -0.3 is 11.1 Å². The molecule has 1 amide bonds. The first-order valence-corrected chi connectivity index (χ1v) is 16.5. The van der Waals surface area contributed by atoms with Crippen LogP contribution in [0, 0.1) is 11.8 Å². The standard InChI is InChI=1S/C35H28N8O4S/c1-22(40-34(44)32-33(36)39-21-29(41-32)26-17-27(20-38-19-26)42-48(2,46)47)30-18-25-8-6-7-24(12-11-23-13-15-37-16-14-23)31(25)35(45)43(30)28-9-4-3-5-10-28/h3-10,13-22,42H,1-2H3,(H2,36,39)(H,40,44)/t22-/m0/s1. The van der Waals surface area contributed by atoms with E-state index in [9.17, 15) is 18.0 Å². The maximum Gasteiger partial charge on any atom is 0.274 e. The Kier molecular flexibility index (Phi) is 8.65. The summed E-state index contributed by atoms with van der Waals surface area (Å²) >= 11 is 0. The number of anilines is 2. The number of aromatic nitrogens is 5. The number of amides is 1. The van der Waals surface area contributed by atoms with E-state index in [0.717, 1.165) is 11.8 Å². The van der Waals surface area contributed by atoms with E-state index >= 15 is 0 Å². The summed E-state index contributed by atoms with van der Waals surface area (Å²) in [6.45, 7) is 1.75. The first-order chi connectivity index (χ1) is 23.1. The van der Waals surface area contributed by atoms with E-state index in [-0.39, 0.29) is 28.5 Å². The molecule has 0 saturated heterocycles. The quantitative estimate of drug-likeness (QED) is 0.214. The minimum Gasteiger partial charge on any atom is -0.382 e. The van der Waals surface area contributed by atoms with Crippen LogP contribution in [0.1, 0.15) is 40.3 Å². The summed E-state index contributed by atoms with van der Waals surface area (Å²) in [4.78, 5) is 44.6. The van der Waals surface area contributed by atoms with Crippen molar-refractivity contribution in [1.82, 2.24) is 29.8 Å². The molecule has 6 aromatic rings. The molecule has 0 aliphatic rings. The van der Waals surface area contributed by atoms with Gasteiger partial charge in [-0.15, -0.1) is 0 Å². The number of pyridine rings is 3. The van der Waals surface area contributed by atoms with Crippen molar-refractivity contribution in [2.45, 2.75) is 13.0 Å². The number of nitrogens with one attached hydrogen (secondary N) is 2. The number of carbonyl (C=O) groups is 1. The van der Waals surface area contributed by atoms with Crippen LogP contribution >= 0.6 is 0 Å². The number of para-hydroxylation sites is 1. The average Bonchev–Trinajstić information content (AvgIpc) is 3.07. The molecule has 0 aliphatic heterocycles. The molecule has 1 atom stereocenters. The number of nitrogen functional groups attached to an aromatic ring is 1. The second kappa shape index (κ2) is 13.1. The fourth-order valence-electron chi connectivity index (χ4n) is 5.12. The molecule has 0 radical (unpaired) electrons. The van der Waals surface area contributed by atoms with Crippen LogP contribution in [0.3, 0.4) is 0 Å². The monoisotopic (exact) mass is 656 g/mol. The maximum absolute atomic E-state index is 14.3. The molecule has 0 bridgehead atoms. The molecule has 2 aromatic carbocycles. The highest BCUT2D eigenvalue weighted by Crippen LogP contribution is 2.25. The predicted octanol–water partition coefficient (Wildman–Crippen LogP) is 4.08. The first kappa shape index (κ1) is 31.6. The van der Waals surface area contributed by atoms with Crippen LogP contribution in [0.5, 0.6) is 0 Å². The zero-order valence-corrected chi connectivity index (χ0v) is 26.6. The molecule has 0 saturated carbocycles. The van der Waals surface area contributed by atoms with E-state index in [2.05, 4.69) is 41.8 Å². The summed E-state index contributed by atoms with van der Waals surface area (Å²) in [5.41, 5.74) is 8.96. The summed E-state index contributed by atoms with van der Waals surface area (Å²) in [5, 5.41) is 4.01. The molecular formula is C35H28N8O4S. The van der Waals surface area contributed by atoms with Gasteiger partial charge in [0.05, 0.1) is 41.5 Å². The van der Waals surface area contributed by atoms with Crippen molar-refractivity contribution in [2.24, 2.45) is 0 Å². The van der Waals surface area contributed by atoms with Crippen molar-refractivity contribution < 1.29 is 13.2 Å². The van der Waals surface area contributed by atoms with Gasteiger partial charge in [-0.05, 0) is 54.8 Å². The number of hydrogen-bond donors (Lipinski definition) is 3. The first-order valence-electron chi connectivity index (χ1n) is 14.6. The molecule has 4 heterocycles. The highest BCUT2D eigenvalue weighted by molar-refractivity contribution is 7.92. The van der Waals surface area contributed by atoms with E-state index in [1.807, 2.05) is 48.5 Å².